The van der Waals surface area contributed by atoms with Crippen molar-refractivity contribution in [3.05, 3.63) is 71.8 Å². The Morgan fingerprint density at radius 3 is 1.93 bits per heavy atom. The molecule has 4 fully saturated rings. The topological polar surface area (TPSA) is 41.6 Å². The first-order valence-corrected chi connectivity index (χ1v) is 10.5. The number of fused-ring (bicyclic) bond motifs is 4. The van der Waals surface area contributed by atoms with E-state index >= 15 is 0 Å². The quantitative estimate of drug-likeness (QED) is 0.894. The molecule has 28 heavy (non-hydrogen) atoms. The second-order valence-corrected chi connectivity index (χ2v) is 8.54. The summed E-state index contributed by atoms with van der Waals surface area (Å²) < 4.78 is 5.63. The average Bonchev–Trinajstić information content (AvgIpc) is 3.01. The number of carbonyl (C=O) groups excluding carboxylic acids is 1. The Balaban J connectivity index is 1.61. The Morgan fingerprint density at radius 1 is 0.857 bits per heavy atom. The van der Waals surface area contributed by atoms with E-state index in [0.29, 0.717) is 18.3 Å². The molecule has 3 aliphatic heterocycles. The van der Waals surface area contributed by atoms with E-state index in [1.807, 2.05) is 0 Å². The third kappa shape index (κ3) is 3.15. The zero-order valence-corrected chi connectivity index (χ0v) is 16.2. The van der Waals surface area contributed by atoms with Crippen LogP contribution in [0.3, 0.4) is 0 Å². The van der Waals surface area contributed by atoms with Gasteiger partial charge < -0.3 is 10.1 Å². The molecule has 2 aromatic rings. The van der Waals surface area contributed by atoms with Crippen molar-refractivity contribution in [3.63, 3.8) is 0 Å². The van der Waals surface area contributed by atoms with E-state index in [1.165, 1.54) is 11.1 Å². The van der Waals surface area contributed by atoms with Gasteiger partial charge in [0.25, 0.3) is 0 Å². The molecule has 1 saturated carbocycles. The first-order chi connectivity index (χ1) is 13.8. The Hall–Kier alpha value is -2.17. The molecule has 0 spiro atoms. The van der Waals surface area contributed by atoms with Crippen LogP contribution >= 0.6 is 0 Å². The molecule has 2 unspecified atom stereocenters. The molecular formula is C24H28N2O2. The van der Waals surface area contributed by atoms with Crippen molar-refractivity contribution in [2.24, 2.45) is 0 Å². The number of nitrogens with zero attached hydrogens (tertiary/aromatic N) is 1. The van der Waals surface area contributed by atoms with Crippen LogP contribution in [-0.4, -0.2) is 48.7 Å². The lowest BCUT2D eigenvalue weighted by atomic mass is 9.63. The van der Waals surface area contributed by atoms with Crippen LogP contribution in [0.25, 0.3) is 0 Å². The minimum Gasteiger partial charge on any atom is -0.379 e. The summed E-state index contributed by atoms with van der Waals surface area (Å²) in [6.45, 7) is 3.36. The molecule has 1 N–H and O–H groups in total. The van der Waals surface area contributed by atoms with Crippen LogP contribution in [0.1, 0.15) is 42.2 Å². The zero-order chi connectivity index (χ0) is 19.0. The predicted molar refractivity (Wildman–Crippen MR) is 109 cm³/mol. The molecule has 146 valence electrons. The van der Waals surface area contributed by atoms with Gasteiger partial charge in [0, 0.05) is 42.9 Å². The highest BCUT2D eigenvalue weighted by Gasteiger charge is 2.53. The summed E-state index contributed by atoms with van der Waals surface area (Å²) in [6, 6.07) is 21.7. The number of rotatable bonds is 3. The van der Waals surface area contributed by atoms with Gasteiger partial charge in [-0.25, -0.2) is 0 Å². The molecule has 3 heterocycles. The molecule has 2 bridgehead atoms. The maximum absolute atomic E-state index is 13.0. The van der Waals surface area contributed by atoms with E-state index < -0.39 is 0 Å². The number of hydrogen-bond donors (Lipinski definition) is 1. The van der Waals surface area contributed by atoms with Crippen LogP contribution in [0, 0.1) is 0 Å². The molecule has 2 atom stereocenters. The van der Waals surface area contributed by atoms with Crippen molar-refractivity contribution < 1.29 is 9.53 Å². The van der Waals surface area contributed by atoms with Gasteiger partial charge >= 0.3 is 0 Å². The molecule has 4 heteroatoms. The van der Waals surface area contributed by atoms with Gasteiger partial charge in [0.15, 0.2) is 0 Å². The van der Waals surface area contributed by atoms with Gasteiger partial charge in [-0.1, -0.05) is 60.7 Å². The highest BCUT2D eigenvalue weighted by atomic mass is 16.5. The summed E-state index contributed by atoms with van der Waals surface area (Å²) in [7, 11) is 0. The van der Waals surface area contributed by atoms with E-state index in [0.717, 1.165) is 39.1 Å². The second-order valence-electron chi connectivity index (χ2n) is 8.54. The molecular weight excluding hydrogens is 348 g/mol. The molecule has 0 radical (unpaired) electrons. The normalized spacial score (nSPS) is 33.3. The van der Waals surface area contributed by atoms with Crippen molar-refractivity contribution in [3.8, 4) is 0 Å². The lowest BCUT2D eigenvalue weighted by Crippen LogP contribution is -2.57. The maximum Gasteiger partial charge on any atom is 0.222 e. The Bertz CT molecular complexity index is 768. The van der Waals surface area contributed by atoms with E-state index in [-0.39, 0.29) is 17.5 Å². The number of benzene rings is 2. The predicted octanol–water partition coefficient (Wildman–Crippen LogP) is 3.31. The molecule has 0 aromatic heterocycles. The number of nitrogens with one attached hydrogen (secondary N) is 1. The van der Waals surface area contributed by atoms with Gasteiger partial charge in [0.1, 0.15) is 0 Å². The lowest BCUT2D eigenvalue weighted by molar-refractivity contribution is -0.124. The van der Waals surface area contributed by atoms with Crippen LogP contribution in [0.15, 0.2) is 60.7 Å². The third-order valence-corrected chi connectivity index (χ3v) is 7.02. The van der Waals surface area contributed by atoms with Crippen LogP contribution in [0.5, 0.6) is 0 Å². The molecule has 1 aliphatic carbocycles. The van der Waals surface area contributed by atoms with Crippen LogP contribution in [-0.2, 0) is 9.53 Å². The summed E-state index contributed by atoms with van der Waals surface area (Å²) in [5, 5.41) is 3.43. The van der Waals surface area contributed by atoms with Crippen molar-refractivity contribution in [1.29, 1.82) is 0 Å². The summed E-state index contributed by atoms with van der Waals surface area (Å²) >= 11 is 0. The summed E-state index contributed by atoms with van der Waals surface area (Å²) in [5.41, 5.74) is 2.59. The Kier molecular flexibility index (Phi) is 4.69. The first-order valence-electron chi connectivity index (χ1n) is 10.5. The highest BCUT2D eigenvalue weighted by molar-refractivity contribution is 5.79. The maximum atomic E-state index is 13.0. The van der Waals surface area contributed by atoms with E-state index in [2.05, 4.69) is 70.9 Å². The third-order valence-electron chi connectivity index (χ3n) is 7.02. The summed E-state index contributed by atoms with van der Waals surface area (Å²) in [5.74, 6) is 0.859. The monoisotopic (exact) mass is 376 g/mol. The highest BCUT2D eigenvalue weighted by Crippen LogP contribution is 2.51. The number of hydrogen-bond acceptors (Lipinski definition) is 3. The standard InChI is InChI=1S/C24H28N2O2/c27-22-17-24(26-11-13-28-14-12-26)15-20(18-7-3-1-4-8-18)23(25-22)21(16-24)19-9-5-2-6-10-19/h1-10,20-21,23H,11-17H2,(H,25,27). The Labute approximate surface area is 166 Å². The fraction of sp³-hybridized carbons (Fsp3) is 0.458. The number of ether oxygens (including phenoxy) is 1. The van der Waals surface area contributed by atoms with Crippen LogP contribution < -0.4 is 5.32 Å². The molecule has 2 aromatic carbocycles. The molecule has 3 saturated heterocycles. The van der Waals surface area contributed by atoms with Crippen molar-refractivity contribution in [1.82, 2.24) is 10.2 Å². The zero-order valence-electron chi connectivity index (χ0n) is 16.2. The molecule has 4 aliphatic rings. The van der Waals surface area contributed by atoms with Crippen LogP contribution in [0.2, 0.25) is 0 Å². The first kappa shape index (κ1) is 17.9. The van der Waals surface area contributed by atoms with Gasteiger partial charge in [0.2, 0.25) is 5.91 Å². The largest absolute Gasteiger partial charge is 0.379 e. The van der Waals surface area contributed by atoms with Gasteiger partial charge in [-0.15, -0.1) is 0 Å². The van der Waals surface area contributed by atoms with Gasteiger partial charge in [0.05, 0.1) is 13.2 Å². The molecule has 6 rings (SSSR count). The minimum absolute atomic E-state index is 0.0954. The van der Waals surface area contributed by atoms with E-state index in [9.17, 15) is 4.79 Å². The number of carbonyl (C=O) groups is 1. The number of amides is 1. The van der Waals surface area contributed by atoms with E-state index in [4.69, 9.17) is 4.74 Å². The smallest absolute Gasteiger partial charge is 0.222 e. The van der Waals surface area contributed by atoms with Gasteiger partial charge in [-0.05, 0) is 24.0 Å². The minimum atomic E-state index is -0.0954. The second kappa shape index (κ2) is 7.34. The van der Waals surface area contributed by atoms with Crippen molar-refractivity contribution in [2.75, 3.05) is 26.3 Å². The van der Waals surface area contributed by atoms with Gasteiger partial charge in [-0.3, -0.25) is 9.69 Å². The SMILES string of the molecule is O=C1CC2(N3CCOCC3)CC(c3ccccc3)C(N1)C(c1ccccc1)C2. The van der Waals surface area contributed by atoms with Crippen molar-refractivity contribution >= 4 is 5.91 Å². The van der Waals surface area contributed by atoms with Gasteiger partial charge in [-0.2, -0.15) is 0 Å². The van der Waals surface area contributed by atoms with E-state index in [1.54, 1.807) is 0 Å². The summed E-state index contributed by atoms with van der Waals surface area (Å²) in [6.07, 6.45) is 2.66. The van der Waals surface area contributed by atoms with Crippen LogP contribution in [0.4, 0.5) is 0 Å². The molecule has 4 nitrogen and oxygen atoms in total. The average molecular weight is 377 g/mol. The fourth-order valence-electron chi connectivity index (χ4n) is 5.78. The Morgan fingerprint density at radius 2 is 1.39 bits per heavy atom. The fourth-order valence-corrected chi connectivity index (χ4v) is 5.78. The lowest BCUT2D eigenvalue weighted by Gasteiger charge is -2.52. The summed E-state index contributed by atoms with van der Waals surface area (Å²) in [4.78, 5) is 15.5. The van der Waals surface area contributed by atoms with Crippen molar-refractivity contribution in [2.45, 2.75) is 42.7 Å². The number of morpholine rings is 1. The molecule has 1 amide bonds.